The lowest BCUT2D eigenvalue weighted by Crippen LogP contribution is -2.14. The SMILES string of the molecule is CC(C(=O)O)c1nnnn1-c1ccc(F)cc1. The van der Waals surface area contributed by atoms with Gasteiger partial charge >= 0.3 is 5.97 Å². The zero-order chi connectivity index (χ0) is 12.4. The number of carboxylic acid groups (broad SMARTS) is 1. The van der Waals surface area contributed by atoms with Gasteiger partial charge in [0.1, 0.15) is 11.7 Å². The molecule has 0 bridgehead atoms. The first-order valence-corrected chi connectivity index (χ1v) is 4.86. The second-order valence-corrected chi connectivity index (χ2v) is 3.49. The minimum atomic E-state index is -1.02. The van der Waals surface area contributed by atoms with Crippen LogP contribution in [-0.2, 0) is 4.79 Å². The highest BCUT2D eigenvalue weighted by Gasteiger charge is 2.21. The van der Waals surface area contributed by atoms with Crippen molar-refractivity contribution in [3.05, 3.63) is 35.9 Å². The molecule has 0 amide bonds. The predicted molar refractivity (Wildman–Crippen MR) is 55.2 cm³/mol. The van der Waals surface area contributed by atoms with E-state index in [1.807, 2.05) is 0 Å². The molecule has 1 aromatic heterocycles. The molecule has 2 rings (SSSR count). The highest BCUT2D eigenvalue weighted by Crippen LogP contribution is 2.16. The minimum Gasteiger partial charge on any atom is -0.481 e. The van der Waals surface area contributed by atoms with Crippen LogP contribution >= 0.6 is 0 Å². The van der Waals surface area contributed by atoms with Gasteiger partial charge in [-0.15, -0.1) is 5.10 Å². The Morgan fingerprint density at radius 2 is 2.06 bits per heavy atom. The Balaban J connectivity index is 2.43. The van der Waals surface area contributed by atoms with Gasteiger partial charge in [-0.2, -0.15) is 4.68 Å². The van der Waals surface area contributed by atoms with Crippen molar-refractivity contribution in [3.63, 3.8) is 0 Å². The summed E-state index contributed by atoms with van der Waals surface area (Å²) >= 11 is 0. The summed E-state index contributed by atoms with van der Waals surface area (Å²) in [6.07, 6.45) is 0. The van der Waals surface area contributed by atoms with Crippen LogP contribution in [0, 0.1) is 5.82 Å². The number of halogens is 1. The number of aliphatic carboxylic acids is 1. The quantitative estimate of drug-likeness (QED) is 0.859. The van der Waals surface area contributed by atoms with Gasteiger partial charge in [-0.3, -0.25) is 4.79 Å². The third-order valence-corrected chi connectivity index (χ3v) is 2.32. The molecule has 7 heteroatoms. The first-order valence-electron chi connectivity index (χ1n) is 4.86. The molecule has 1 heterocycles. The Morgan fingerprint density at radius 3 is 2.65 bits per heavy atom. The third-order valence-electron chi connectivity index (χ3n) is 2.32. The van der Waals surface area contributed by atoms with Gasteiger partial charge in [0.25, 0.3) is 0 Å². The largest absolute Gasteiger partial charge is 0.481 e. The van der Waals surface area contributed by atoms with Crippen molar-refractivity contribution in [3.8, 4) is 5.69 Å². The van der Waals surface area contributed by atoms with Crippen molar-refractivity contribution in [2.75, 3.05) is 0 Å². The normalized spacial score (nSPS) is 12.4. The fraction of sp³-hybridized carbons (Fsp3) is 0.200. The highest BCUT2D eigenvalue weighted by molar-refractivity contribution is 5.74. The molecule has 88 valence electrons. The van der Waals surface area contributed by atoms with Gasteiger partial charge < -0.3 is 5.11 Å². The van der Waals surface area contributed by atoms with Crippen LogP contribution in [0.1, 0.15) is 18.7 Å². The maximum Gasteiger partial charge on any atom is 0.314 e. The molecule has 1 unspecified atom stereocenters. The molecule has 1 aromatic carbocycles. The van der Waals surface area contributed by atoms with E-state index in [1.165, 1.54) is 35.9 Å². The van der Waals surface area contributed by atoms with Gasteiger partial charge in [-0.25, -0.2) is 4.39 Å². The summed E-state index contributed by atoms with van der Waals surface area (Å²) in [4.78, 5) is 10.9. The van der Waals surface area contributed by atoms with Crippen molar-refractivity contribution in [2.24, 2.45) is 0 Å². The number of hydrogen-bond donors (Lipinski definition) is 1. The molecule has 0 aliphatic carbocycles. The van der Waals surface area contributed by atoms with E-state index >= 15 is 0 Å². The van der Waals surface area contributed by atoms with Crippen LogP contribution in [0.15, 0.2) is 24.3 Å². The fourth-order valence-corrected chi connectivity index (χ4v) is 1.34. The van der Waals surface area contributed by atoms with E-state index in [1.54, 1.807) is 0 Å². The predicted octanol–water partition coefficient (Wildman–Crippen LogP) is 0.989. The topological polar surface area (TPSA) is 80.9 Å². The number of benzene rings is 1. The second kappa shape index (κ2) is 4.28. The lowest BCUT2D eigenvalue weighted by Gasteiger charge is -2.07. The van der Waals surface area contributed by atoms with Gasteiger partial charge in [0.15, 0.2) is 5.82 Å². The molecule has 1 atom stereocenters. The number of rotatable bonds is 3. The molecule has 0 fully saturated rings. The summed E-state index contributed by atoms with van der Waals surface area (Å²) in [5.74, 6) is -2.04. The summed E-state index contributed by atoms with van der Waals surface area (Å²) in [7, 11) is 0. The fourth-order valence-electron chi connectivity index (χ4n) is 1.34. The van der Waals surface area contributed by atoms with E-state index in [0.717, 1.165) is 0 Å². The van der Waals surface area contributed by atoms with E-state index in [9.17, 15) is 9.18 Å². The Labute approximate surface area is 95.7 Å². The number of tetrazole rings is 1. The smallest absolute Gasteiger partial charge is 0.314 e. The van der Waals surface area contributed by atoms with Crippen LogP contribution < -0.4 is 0 Å². The zero-order valence-electron chi connectivity index (χ0n) is 8.91. The molecule has 17 heavy (non-hydrogen) atoms. The average molecular weight is 236 g/mol. The van der Waals surface area contributed by atoms with Crippen LogP contribution in [0.4, 0.5) is 4.39 Å². The standard InChI is InChI=1S/C10H9FN4O2/c1-6(10(16)17)9-12-13-14-15(9)8-4-2-7(11)3-5-8/h2-6H,1H3,(H,16,17). The lowest BCUT2D eigenvalue weighted by atomic mass is 10.1. The molecule has 0 radical (unpaired) electrons. The summed E-state index contributed by atoms with van der Waals surface area (Å²) in [6.45, 7) is 1.48. The van der Waals surface area contributed by atoms with Gasteiger partial charge in [0.05, 0.1) is 5.69 Å². The average Bonchev–Trinajstić information content (AvgIpc) is 2.77. The van der Waals surface area contributed by atoms with Crippen molar-refractivity contribution in [2.45, 2.75) is 12.8 Å². The molecule has 2 aromatic rings. The first kappa shape index (κ1) is 11.2. The van der Waals surface area contributed by atoms with Crippen LogP contribution in [0.25, 0.3) is 5.69 Å². The number of aromatic nitrogens is 4. The van der Waals surface area contributed by atoms with E-state index in [-0.39, 0.29) is 11.6 Å². The van der Waals surface area contributed by atoms with Crippen molar-refractivity contribution >= 4 is 5.97 Å². The molecule has 0 spiro atoms. The molecule has 0 aliphatic rings. The third kappa shape index (κ3) is 2.12. The lowest BCUT2D eigenvalue weighted by molar-refractivity contribution is -0.138. The van der Waals surface area contributed by atoms with Gasteiger partial charge in [-0.05, 0) is 41.6 Å². The number of carbonyl (C=O) groups is 1. The summed E-state index contributed by atoms with van der Waals surface area (Å²) < 4.78 is 14.0. The van der Waals surface area contributed by atoms with E-state index < -0.39 is 11.9 Å². The Bertz CT molecular complexity index is 537. The molecule has 0 saturated carbocycles. The van der Waals surface area contributed by atoms with Crippen LogP contribution in [0.3, 0.4) is 0 Å². The maximum atomic E-state index is 12.8. The van der Waals surface area contributed by atoms with Crippen molar-refractivity contribution in [1.82, 2.24) is 20.2 Å². The number of carboxylic acids is 1. The molecular formula is C10H9FN4O2. The molecule has 0 saturated heterocycles. The number of nitrogens with zero attached hydrogens (tertiary/aromatic N) is 4. The zero-order valence-corrected chi connectivity index (χ0v) is 8.91. The van der Waals surface area contributed by atoms with Crippen LogP contribution in [-0.4, -0.2) is 31.3 Å². The number of hydrogen-bond acceptors (Lipinski definition) is 4. The monoisotopic (exact) mass is 236 g/mol. The first-order chi connectivity index (χ1) is 8.09. The highest BCUT2D eigenvalue weighted by atomic mass is 19.1. The van der Waals surface area contributed by atoms with Gasteiger partial charge in [-0.1, -0.05) is 0 Å². The Kier molecular flexibility index (Phi) is 2.82. The van der Waals surface area contributed by atoms with Gasteiger partial charge in [0, 0.05) is 0 Å². The Hall–Kier alpha value is -2.31. The molecule has 0 aliphatic heterocycles. The van der Waals surface area contributed by atoms with Crippen molar-refractivity contribution in [1.29, 1.82) is 0 Å². The Morgan fingerprint density at radius 1 is 1.41 bits per heavy atom. The summed E-state index contributed by atoms with van der Waals surface area (Å²) in [6, 6.07) is 5.46. The molecule has 1 N–H and O–H groups in total. The minimum absolute atomic E-state index is 0.198. The van der Waals surface area contributed by atoms with Crippen LogP contribution in [0.2, 0.25) is 0 Å². The van der Waals surface area contributed by atoms with Crippen molar-refractivity contribution < 1.29 is 14.3 Å². The van der Waals surface area contributed by atoms with E-state index in [2.05, 4.69) is 15.5 Å². The maximum absolute atomic E-state index is 12.8. The molecular weight excluding hydrogens is 227 g/mol. The summed E-state index contributed by atoms with van der Waals surface area (Å²) in [5.41, 5.74) is 0.513. The van der Waals surface area contributed by atoms with E-state index in [0.29, 0.717) is 5.69 Å². The van der Waals surface area contributed by atoms with Crippen LogP contribution in [0.5, 0.6) is 0 Å². The van der Waals surface area contributed by atoms with Gasteiger partial charge in [0.2, 0.25) is 0 Å². The second-order valence-electron chi connectivity index (χ2n) is 3.49. The molecule has 6 nitrogen and oxygen atoms in total. The van der Waals surface area contributed by atoms with E-state index in [4.69, 9.17) is 5.11 Å². The summed E-state index contributed by atoms with van der Waals surface area (Å²) in [5, 5.41) is 19.7.